The normalized spacial score (nSPS) is 11.5. The molecule has 0 unspecified atom stereocenters. The van der Waals surface area contributed by atoms with E-state index in [1.807, 2.05) is 0 Å². The summed E-state index contributed by atoms with van der Waals surface area (Å²) in [6.07, 6.45) is 1.71. The number of carbonyl (C=O) groups is 1. The fourth-order valence-corrected chi connectivity index (χ4v) is 1.38. The smallest absolute Gasteiger partial charge is 0.274 e. The van der Waals surface area contributed by atoms with E-state index < -0.39 is 5.60 Å². The molecule has 0 aliphatic heterocycles. The molecule has 1 rings (SSSR count). The molecular weight excluding hydrogens is 194 g/mol. The van der Waals surface area contributed by atoms with Gasteiger partial charge >= 0.3 is 0 Å². The van der Waals surface area contributed by atoms with Gasteiger partial charge in [0.05, 0.1) is 5.60 Å². The van der Waals surface area contributed by atoms with Crippen LogP contribution >= 0.6 is 0 Å². The first kappa shape index (κ1) is 11.7. The van der Waals surface area contributed by atoms with E-state index in [1.54, 1.807) is 44.9 Å². The number of aromatic nitrogens is 2. The Hall–Kier alpha value is -1.36. The van der Waals surface area contributed by atoms with Crippen LogP contribution in [0.5, 0.6) is 0 Å². The second kappa shape index (κ2) is 4.02. The molecule has 1 aromatic heterocycles. The minimum absolute atomic E-state index is 0.183. The van der Waals surface area contributed by atoms with Gasteiger partial charge in [0.1, 0.15) is 5.69 Å². The van der Waals surface area contributed by atoms with Crippen molar-refractivity contribution >= 4 is 5.91 Å². The van der Waals surface area contributed by atoms with Gasteiger partial charge in [0.15, 0.2) is 0 Å². The summed E-state index contributed by atoms with van der Waals surface area (Å²) in [7, 11) is 3.40. The number of hydrogen-bond donors (Lipinski definition) is 1. The van der Waals surface area contributed by atoms with Crippen LogP contribution < -0.4 is 0 Å². The molecule has 0 radical (unpaired) electrons. The van der Waals surface area contributed by atoms with E-state index in [9.17, 15) is 9.90 Å². The largest absolute Gasteiger partial charge is 0.389 e. The van der Waals surface area contributed by atoms with Gasteiger partial charge in [-0.25, -0.2) is 0 Å². The highest BCUT2D eigenvalue weighted by Crippen LogP contribution is 2.06. The number of likely N-dealkylation sites (N-methyl/N-ethyl adjacent to an activating group) is 1. The molecule has 0 saturated carbocycles. The zero-order chi connectivity index (χ0) is 11.6. The third-order valence-electron chi connectivity index (χ3n) is 1.90. The molecule has 0 aromatic carbocycles. The zero-order valence-corrected chi connectivity index (χ0v) is 9.56. The van der Waals surface area contributed by atoms with Crippen molar-refractivity contribution in [2.45, 2.75) is 19.4 Å². The van der Waals surface area contributed by atoms with E-state index in [1.165, 1.54) is 4.90 Å². The van der Waals surface area contributed by atoms with Gasteiger partial charge in [-0.1, -0.05) is 0 Å². The highest BCUT2D eigenvalue weighted by atomic mass is 16.3. The molecule has 5 heteroatoms. The first-order valence-electron chi connectivity index (χ1n) is 4.77. The van der Waals surface area contributed by atoms with Gasteiger partial charge in [0.25, 0.3) is 5.91 Å². The number of aliphatic hydroxyl groups is 1. The van der Waals surface area contributed by atoms with Crippen molar-refractivity contribution in [3.8, 4) is 0 Å². The van der Waals surface area contributed by atoms with Gasteiger partial charge < -0.3 is 10.0 Å². The van der Waals surface area contributed by atoms with Crippen molar-refractivity contribution in [3.63, 3.8) is 0 Å². The summed E-state index contributed by atoms with van der Waals surface area (Å²) in [5.41, 5.74) is -0.497. The minimum Gasteiger partial charge on any atom is -0.389 e. The molecule has 0 atom stereocenters. The fraction of sp³-hybridized carbons (Fsp3) is 0.600. The lowest BCUT2D eigenvalue weighted by Crippen LogP contribution is -2.39. The average molecular weight is 211 g/mol. The van der Waals surface area contributed by atoms with Crippen LogP contribution in [0.2, 0.25) is 0 Å². The Morgan fingerprint density at radius 3 is 2.67 bits per heavy atom. The van der Waals surface area contributed by atoms with Crippen LogP contribution in [0, 0.1) is 0 Å². The summed E-state index contributed by atoms with van der Waals surface area (Å²) >= 11 is 0. The van der Waals surface area contributed by atoms with Crippen LogP contribution in [0.25, 0.3) is 0 Å². The second-order valence-electron chi connectivity index (χ2n) is 4.35. The molecule has 0 aliphatic rings. The first-order valence-corrected chi connectivity index (χ1v) is 4.77. The molecule has 0 bridgehead atoms. The highest BCUT2D eigenvalue weighted by molar-refractivity contribution is 5.92. The maximum absolute atomic E-state index is 11.8. The summed E-state index contributed by atoms with van der Waals surface area (Å²) in [6.45, 7) is 3.60. The van der Waals surface area contributed by atoms with Crippen LogP contribution in [0.1, 0.15) is 24.3 Å². The van der Waals surface area contributed by atoms with Crippen LogP contribution in [0.15, 0.2) is 12.3 Å². The molecule has 84 valence electrons. The van der Waals surface area contributed by atoms with E-state index in [-0.39, 0.29) is 12.5 Å². The van der Waals surface area contributed by atoms with Gasteiger partial charge in [-0.15, -0.1) is 0 Å². The Morgan fingerprint density at radius 1 is 1.67 bits per heavy atom. The van der Waals surface area contributed by atoms with Gasteiger partial charge in [0, 0.05) is 26.8 Å². The Balaban J connectivity index is 2.69. The number of amides is 1. The maximum atomic E-state index is 11.8. The topological polar surface area (TPSA) is 58.4 Å². The first-order chi connectivity index (χ1) is 6.79. The lowest BCUT2D eigenvalue weighted by Gasteiger charge is -2.24. The maximum Gasteiger partial charge on any atom is 0.274 e. The molecule has 1 aromatic rings. The van der Waals surface area contributed by atoms with Gasteiger partial charge in [-0.3, -0.25) is 9.48 Å². The monoisotopic (exact) mass is 211 g/mol. The molecule has 0 saturated heterocycles. The van der Waals surface area contributed by atoms with Crippen LogP contribution in [0.4, 0.5) is 0 Å². The number of aryl methyl sites for hydroxylation is 1. The zero-order valence-electron chi connectivity index (χ0n) is 9.56. The molecule has 1 amide bonds. The Labute approximate surface area is 89.3 Å². The highest BCUT2D eigenvalue weighted by Gasteiger charge is 2.21. The number of carbonyl (C=O) groups excluding carboxylic acids is 1. The van der Waals surface area contributed by atoms with Gasteiger partial charge in [-0.2, -0.15) is 5.10 Å². The Morgan fingerprint density at radius 2 is 2.27 bits per heavy atom. The summed E-state index contributed by atoms with van der Waals surface area (Å²) in [5, 5.41) is 13.6. The molecular formula is C10H17N3O2. The second-order valence-corrected chi connectivity index (χ2v) is 4.35. The van der Waals surface area contributed by atoms with Crippen molar-refractivity contribution in [2.75, 3.05) is 13.6 Å². The van der Waals surface area contributed by atoms with E-state index in [0.717, 1.165) is 0 Å². The van der Waals surface area contributed by atoms with Crippen LogP contribution in [-0.2, 0) is 7.05 Å². The van der Waals surface area contributed by atoms with Crippen molar-refractivity contribution in [3.05, 3.63) is 18.0 Å². The summed E-state index contributed by atoms with van der Waals surface area (Å²) in [5.74, 6) is -0.183. The van der Waals surface area contributed by atoms with Gasteiger partial charge in [-0.05, 0) is 19.9 Å². The standard InChI is InChI=1S/C10H17N3O2/c1-10(2,15)7-12(3)9(14)8-5-6-13(4)11-8/h5-6,15H,7H2,1-4H3. The van der Waals surface area contributed by atoms with Crippen molar-refractivity contribution in [2.24, 2.45) is 7.05 Å². The van der Waals surface area contributed by atoms with E-state index >= 15 is 0 Å². The number of rotatable bonds is 3. The summed E-state index contributed by atoms with van der Waals surface area (Å²) in [4.78, 5) is 13.2. The summed E-state index contributed by atoms with van der Waals surface area (Å²) in [6, 6.07) is 1.66. The van der Waals surface area contributed by atoms with Crippen molar-refractivity contribution < 1.29 is 9.90 Å². The molecule has 1 N–H and O–H groups in total. The molecule has 15 heavy (non-hydrogen) atoms. The van der Waals surface area contributed by atoms with Crippen molar-refractivity contribution in [1.82, 2.24) is 14.7 Å². The average Bonchev–Trinajstić information content (AvgIpc) is 2.47. The predicted octanol–water partition coefficient (Wildman–Crippen LogP) is 0.263. The van der Waals surface area contributed by atoms with Crippen LogP contribution in [0.3, 0.4) is 0 Å². The molecule has 5 nitrogen and oxygen atoms in total. The van der Waals surface area contributed by atoms with Crippen molar-refractivity contribution in [1.29, 1.82) is 0 Å². The Kier molecular flexibility index (Phi) is 3.14. The van der Waals surface area contributed by atoms with E-state index in [4.69, 9.17) is 0 Å². The quantitative estimate of drug-likeness (QED) is 0.780. The van der Waals surface area contributed by atoms with Crippen LogP contribution in [-0.4, -0.2) is 44.9 Å². The molecule has 1 heterocycles. The molecule has 0 spiro atoms. The fourth-order valence-electron chi connectivity index (χ4n) is 1.38. The minimum atomic E-state index is -0.890. The molecule has 0 fully saturated rings. The summed E-state index contributed by atoms with van der Waals surface area (Å²) < 4.78 is 1.57. The Bertz CT molecular complexity index is 352. The lowest BCUT2D eigenvalue weighted by molar-refractivity contribution is 0.0364. The third-order valence-corrected chi connectivity index (χ3v) is 1.90. The predicted molar refractivity (Wildman–Crippen MR) is 56.5 cm³/mol. The van der Waals surface area contributed by atoms with E-state index in [2.05, 4.69) is 5.10 Å². The molecule has 0 aliphatic carbocycles. The number of nitrogens with zero attached hydrogens (tertiary/aromatic N) is 3. The van der Waals surface area contributed by atoms with Gasteiger partial charge in [0.2, 0.25) is 0 Å². The number of hydrogen-bond acceptors (Lipinski definition) is 3. The van der Waals surface area contributed by atoms with E-state index in [0.29, 0.717) is 5.69 Å². The third kappa shape index (κ3) is 3.36. The SMILES string of the molecule is CN(CC(C)(C)O)C(=O)c1ccn(C)n1. The lowest BCUT2D eigenvalue weighted by atomic mass is 10.1.